The normalized spacial score (nSPS) is 20.8. The van der Waals surface area contributed by atoms with Crippen molar-refractivity contribution in [1.29, 1.82) is 0 Å². The van der Waals surface area contributed by atoms with Crippen LogP contribution < -0.4 is 20.7 Å². The Bertz CT molecular complexity index is 1380. The third-order valence-electron chi connectivity index (χ3n) is 10.7. The second-order valence-electron chi connectivity index (χ2n) is 13.7. The van der Waals surface area contributed by atoms with Crippen molar-refractivity contribution in [2.75, 3.05) is 82.1 Å². The molecule has 3 N–H and O–H groups in total. The summed E-state index contributed by atoms with van der Waals surface area (Å²) in [4.78, 5) is 23.5. The number of nitrogens with two attached hydrogens (primary N) is 1. The first-order valence-corrected chi connectivity index (χ1v) is 18.4. The Morgan fingerprint density at radius 2 is 1.65 bits per heavy atom. The van der Waals surface area contributed by atoms with Crippen molar-refractivity contribution < 1.29 is 23.0 Å². The quantitative estimate of drug-likeness (QED) is 0.121. The maximum absolute atomic E-state index is 14.9. The van der Waals surface area contributed by atoms with Gasteiger partial charge in [0.15, 0.2) is 6.29 Å². The van der Waals surface area contributed by atoms with Gasteiger partial charge in [-0.3, -0.25) is 19.6 Å². The molecule has 9 nitrogen and oxygen atoms in total. The number of nitrogen functional groups attached to an aromatic ring is 1. The lowest BCUT2D eigenvalue weighted by Crippen LogP contribution is -2.64. The minimum Gasteiger partial charge on any atom is -0.493 e. The van der Waals surface area contributed by atoms with Crippen LogP contribution in [0.25, 0.3) is 0 Å². The van der Waals surface area contributed by atoms with Crippen LogP contribution in [0.2, 0.25) is 0 Å². The summed E-state index contributed by atoms with van der Waals surface area (Å²) < 4.78 is 40.9. The zero-order chi connectivity index (χ0) is 34.8. The highest BCUT2D eigenvalue weighted by molar-refractivity contribution is 5.99. The summed E-state index contributed by atoms with van der Waals surface area (Å²) >= 11 is 0. The summed E-state index contributed by atoms with van der Waals surface area (Å²) in [5, 5.41) is 3.21. The Balaban J connectivity index is 0.00000230. The molecule has 0 amide bonds. The van der Waals surface area contributed by atoms with E-state index in [0.717, 1.165) is 110 Å². The second-order valence-corrected chi connectivity index (χ2v) is 13.7. The third kappa shape index (κ3) is 9.70. The minimum absolute atomic E-state index is 0.00586. The van der Waals surface area contributed by atoms with E-state index in [1.807, 2.05) is 13.8 Å². The van der Waals surface area contributed by atoms with E-state index in [0.29, 0.717) is 59.6 Å². The van der Waals surface area contributed by atoms with Crippen molar-refractivity contribution >= 4 is 29.2 Å². The number of nitrogens with one attached hydrogen (secondary N) is 1. The fourth-order valence-corrected chi connectivity index (χ4v) is 7.63. The number of carbonyl (C=O) groups excluding carboxylic acids is 1. The molecule has 2 aromatic carbocycles. The molecule has 0 spiro atoms. The van der Waals surface area contributed by atoms with Gasteiger partial charge in [-0.05, 0) is 88.1 Å². The van der Waals surface area contributed by atoms with E-state index < -0.39 is 5.82 Å². The summed E-state index contributed by atoms with van der Waals surface area (Å²) in [6.45, 7) is 12.1. The SMILES string of the molecule is CC.CN=C(CCC1CCOCC1)Nc1cc(OCC2CCN(C3CN(C4CCN(c5ccc(N)cc5F)CC4)C3)CC2)cc(F)c1C=O. The molecule has 11 heteroatoms. The average Bonchev–Trinajstić information content (AvgIpc) is 3.11. The van der Waals surface area contributed by atoms with E-state index >= 15 is 0 Å². The summed E-state index contributed by atoms with van der Waals surface area (Å²) in [5.74, 6) is 1.32. The highest BCUT2D eigenvalue weighted by Gasteiger charge is 2.38. The molecule has 4 fully saturated rings. The van der Waals surface area contributed by atoms with Crippen molar-refractivity contribution in [3.63, 3.8) is 0 Å². The lowest BCUT2D eigenvalue weighted by Gasteiger charge is -2.52. The molecular weight excluding hydrogens is 626 g/mol. The summed E-state index contributed by atoms with van der Waals surface area (Å²) in [7, 11) is 1.72. The summed E-state index contributed by atoms with van der Waals surface area (Å²) in [5.41, 5.74) is 7.23. The molecule has 6 rings (SSSR count). The van der Waals surface area contributed by atoms with E-state index in [9.17, 15) is 13.6 Å². The van der Waals surface area contributed by atoms with E-state index in [1.165, 1.54) is 12.1 Å². The van der Waals surface area contributed by atoms with Gasteiger partial charge in [0.25, 0.3) is 0 Å². The van der Waals surface area contributed by atoms with Crippen LogP contribution in [0.1, 0.15) is 75.6 Å². The first-order chi connectivity index (χ1) is 23.9. The van der Waals surface area contributed by atoms with Crippen LogP contribution in [0.15, 0.2) is 35.3 Å². The molecule has 0 saturated carbocycles. The molecule has 0 aromatic heterocycles. The zero-order valence-corrected chi connectivity index (χ0v) is 29.6. The van der Waals surface area contributed by atoms with E-state index in [1.54, 1.807) is 25.2 Å². The largest absolute Gasteiger partial charge is 0.493 e. The molecule has 0 bridgehead atoms. The number of amidine groups is 1. The number of rotatable bonds is 11. The number of carbonyl (C=O) groups is 1. The first-order valence-electron chi connectivity index (χ1n) is 18.4. The van der Waals surface area contributed by atoms with Gasteiger partial charge in [0.1, 0.15) is 23.2 Å². The number of nitrogens with zero attached hydrogens (tertiary/aromatic N) is 4. The number of ether oxygens (including phenoxy) is 2. The van der Waals surface area contributed by atoms with Crippen LogP contribution >= 0.6 is 0 Å². The first kappa shape index (κ1) is 37.0. The van der Waals surface area contributed by atoms with Crippen molar-refractivity contribution in [2.24, 2.45) is 16.8 Å². The van der Waals surface area contributed by atoms with Gasteiger partial charge in [0, 0.05) is 82.8 Å². The van der Waals surface area contributed by atoms with Gasteiger partial charge < -0.3 is 25.4 Å². The Labute approximate surface area is 291 Å². The molecule has 0 aliphatic carbocycles. The van der Waals surface area contributed by atoms with Crippen LogP contribution in [0, 0.1) is 23.5 Å². The Morgan fingerprint density at radius 3 is 2.31 bits per heavy atom. The number of benzene rings is 2. The Hall–Kier alpha value is -3.28. The summed E-state index contributed by atoms with van der Waals surface area (Å²) in [6.07, 6.45) is 8.52. The zero-order valence-electron chi connectivity index (χ0n) is 29.6. The average molecular weight is 683 g/mol. The lowest BCUT2D eigenvalue weighted by molar-refractivity contribution is -0.0181. The number of aliphatic imine (C=N–C) groups is 1. The topological polar surface area (TPSA) is 95.7 Å². The van der Waals surface area contributed by atoms with Crippen molar-refractivity contribution in [2.45, 2.75) is 77.3 Å². The molecule has 4 aliphatic rings. The van der Waals surface area contributed by atoms with Gasteiger partial charge in [0.05, 0.1) is 23.5 Å². The van der Waals surface area contributed by atoms with Crippen LogP contribution in [-0.4, -0.2) is 100 Å². The number of aldehydes is 1. The molecule has 0 unspecified atom stereocenters. The van der Waals surface area contributed by atoms with Gasteiger partial charge in [-0.15, -0.1) is 0 Å². The molecule has 0 radical (unpaired) electrons. The predicted molar refractivity (Wildman–Crippen MR) is 194 cm³/mol. The molecule has 2 aromatic rings. The van der Waals surface area contributed by atoms with Gasteiger partial charge in [-0.25, -0.2) is 8.78 Å². The molecule has 49 heavy (non-hydrogen) atoms. The fourth-order valence-electron chi connectivity index (χ4n) is 7.63. The standard InChI is InChI=1S/C36H50F2N6O3.C2H6/c1-40-36(5-2-25-10-16-46-17-11-25)41-34-20-30(19-32(37)31(34)23-45)47-24-26-6-12-42(13-7-26)29-21-44(22-29)28-8-14-43(15-9-28)35-4-3-27(39)18-33(35)38;1-2/h3-4,18-20,23,25-26,28-29H,2,5-17,21-22,24,39H2,1H3,(H,40,41);1-2H3. The molecular formula is C38H56F2N6O3. The lowest BCUT2D eigenvalue weighted by atomic mass is 9.92. The van der Waals surface area contributed by atoms with E-state index in [4.69, 9.17) is 15.2 Å². The maximum atomic E-state index is 14.9. The van der Waals surface area contributed by atoms with Crippen molar-refractivity contribution in [3.05, 3.63) is 47.5 Å². The van der Waals surface area contributed by atoms with Crippen LogP contribution in [-0.2, 0) is 4.74 Å². The molecule has 0 atom stereocenters. The number of likely N-dealkylation sites (tertiary alicyclic amines) is 2. The third-order valence-corrected chi connectivity index (χ3v) is 10.7. The highest BCUT2D eigenvalue weighted by Crippen LogP contribution is 2.32. The Kier molecular flexibility index (Phi) is 13.7. The Morgan fingerprint density at radius 1 is 0.939 bits per heavy atom. The number of halogens is 2. The summed E-state index contributed by atoms with van der Waals surface area (Å²) in [6, 6.07) is 9.16. The minimum atomic E-state index is -0.590. The smallest absolute Gasteiger partial charge is 0.155 e. The van der Waals surface area contributed by atoms with Gasteiger partial charge in [-0.2, -0.15) is 0 Å². The predicted octanol–water partition coefficient (Wildman–Crippen LogP) is 6.48. The van der Waals surface area contributed by atoms with Crippen molar-refractivity contribution in [3.8, 4) is 5.75 Å². The number of hydrogen-bond acceptors (Lipinski definition) is 8. The van der Waals surface area contributed by atoms with E-state index in [2.05, 4.69) is 25.0 Å². The molecule has 4 saturated heterocycles. The molecule has 270 valence electrons. The van der Waals surface area contributed by atoms with Crippen LogP contribution in [0.3, 0.4) is 0 Å². The van der Waals surface area contributed by atoms with Crippen molar-refractivity contribution in [1.82, 2.24) is 9.80 Å². The number of hydrogen-bond donors (Lipinski definition) is 2. The number of piperidine rings is 2. The van der Waals surface area contributed by atoms with E-state index in [-0.39, 0.29) is 11.4 Å². The molecule has 4 heterocycles. The maximum Gasteiger partial charge on any atom is 0.155 e. The van der Waals surface area contributed by atoms with Crippen LogP contribution in [0.4, 0.5) is 25.8 Å². The van der Waals surface area contributed by atoms with Crippen LogP contribution in [0.5, 0.6) is 5.75 Å². The highest BCUT2D eigenvalue weighted by atomic mass is 19.1. The van der Waals surface area contributed by atoms with Gasteiger partial charge >= 0.3 is 0 Å². The monoisotopic (exact) mass is 682 g/mol. The fraction of sp³-hybridized carbons (Fsp3) is 0.632. The molecule has 4 aliphatic heterocycles. The number of anilines is 3. The van der Waals surface area contributed by atoms with Gasteiger partial charge in [0.2, 0.25) is 0 Å². The second kappa shape index (κ2) is 18.1. The van der Waals surface area contributed by atoms with Gasteiger partial charge in [-0.1, -0.05) is 13.8 Å².